The zero-order valence-corrected chi connectivity index (χ0v) is 9.74. The third kappa shape index (κ3) is 1.31. The Balaban J connectivity index is 2.34. The van der Waals surface area contributed by atoms with Crippen molar-refractivity contribution >= 4 is 0 Å². The quantitative estimate of drug-likeness (QED) is 0.431. The second kappa shape index (κ2) is 3.47. The number of hydrogen-bond acceptors (Lipinski definition) is 1. The molecule has 1 N–H and O–H groups in total. The summed E-state index contributed by atoms with van der Waals surface area (Å²) in [5, 5.41) is 10.2. The first kappa shape index (κ1) is 12.0. The Morgan fingerprint density at radius 1 is 0.944 bits per heavy atom. The minimum atomic E-state index is -1.78. The summed E-state index contributed by atoms with van der Waals surface area (Å²) in [6.45, 7) is 1.53. The van der Waals surface area contributed by atoms with Gasteiger partial charge < -0.3 is 5.11 Å². The van der Waals surface area contributed by atoms with E-state index in [4.69, 9.17) is 0 Å². The van der Waals surface area contributed by atoms with E-state index in [9.17, 15) is 22.7 Å². The maximum Gasteiger partial charge on any atom is 0.197 e. The van der Waals surface area contributed by atoms with Gasteiger partial charge in [-0.25, -0.2) is 17.6 Å². The largest absolute Gasteiger partial charge is 0.390 e. The predicted molar refractivity (Wildman–Crippen MR) is 56.2 cm³/mol. The average molecular weight is 260 g/mol. The smallest absolute Gasteiger partial charge is 0.197 e. The molecule has 1 nitrogen and oxygen atoms in total. The Bertz CT molecular complexity index is 539. The monoisotopic (exact) mass is 260 g/mol. The molecule has 3 aliphatic rings. The molecule has 0 spiro atoms. The number of benzene rings is 1. The van der Waals surface area contributed by atoms with E-state index in [1.165, 1.54) is 6.92 Å². The molecule has 0 amide bonds. The maximum atomic E-state index is 13.8. The van der Waals surface area contributed by atoms with Gasteiger partial charge in [-0.05, 0) is 32.1 Å². The van der Waals surface area contributed by atoms with Crippen LogP contribution in [0.5, 0.6) is 0 Å². The van der Waals surface area contributed by atoms with Crippen LogP contribution in [0.15, 0.2) is 0 Å². The Kier molecular flexibility index (Phi) is 2.31. The van der Waals surface area contributed by atoms with E-state index in [2.05, 4.69) is 0 Å². The molecule has 1 fully saturated rings. The second-order valence-corrected chi connectivity index (χ2v) is 5.47. The molecule has 0 radical (unpaired) electrons. The fourth-order valence-electron chi connectivity index (χ4n) is 3.53. The van der Waals surface area contributed by atoms with Crippen LogP contribution in [0.2, 0.25) is 0 Å². The second-order valence-electron chi connectivity index (χ2n) is 5.47. The molecule has 4 rings (SSSR count). The number of aliphatic hydroxyl groups is 1. The molecule has 0 aliphatic heterocycles. The van der Waals surface area contributed by atoms with Crippen LogP contribution in [-0.4, -0.2) is 10.7 Å². The Labute approximate surface area is 101 Å². The summed E-state index contributed by atoms with van der Waals surface area (Å²) < 4.78 is 54.1. The van der Waals surface area contributed by atoms with Crippen molar-refractivity contribution in [2.24, 2.45) is 0 Å². The van der Waals surface area contributed by atoms with Crippen LogP contribution in [0.1, 0.15) is 49.1 Å². The molecular formula is C13H12F4O. The first-order valence-electron chi connectivity index (χ1n) is 5.92. The summed E-state index contributed by atoms with van der Waals surface area (Å²) in [4.78, 5) is 0. The minimum absolute atomic E-state index is 0.0748. The number of halogens is 4. The van der Waals surface area contributed by atoms with Crippen molar-refractivity contribution in [1.29, 1.82) is 0 Å². The number of rotatable bonds is 0. The summed E-state index contributed by atoms with van der Waals surface area (Å²) >= 11 is 0. The zero-order valence-electron chi connectivity index (χ0n) is 9.74. The van der Waals surface area contributed by atoms with Crippen molar-refractivity contribution < 1.29 is 22.7 Å². The number of fused-ring (bicyclic) bond motifs is 2. The third-order valence-corrected chi connectivity index (χ3v) is 4.31. The van der Waals surface area contributed by atoms with Gasteiger partial charge in [-0.15, -0.1) is 0 Å². The van der Waals surface area contributed by atoms with Crippen molar-refractivity contribution in [2.45, 2.75) is 43.6 Å². The lowest BCUT2D eigenvalue weighted by atomic mass is 9.59. The van der Waals surface area contributed by atoms with E-state index in [1.54, 1.807) is 0 Å². The highest BCUT2D eigenvalue weighted by molar-refractivity contribution is 5.44. The highest BCUT2D eigenvalue weighted by Crippen LogP contribution is 2.56. The van der Waals surface area contributed by atoms with Gasteiger partial charge >= 0.3 is 0 Å². The van der Waals surface area contributed by atoms with Crippen LogP contribution < -0.4 is 0 Å². The maximum absolute atomic E-state index is 13.8. The molecular weight excluding hydrogens is 248 g/mol. The minimum Gasteiger partial charge on any atom is -0.390 e. The van der Waals surface area contributed by atoms with Gasteiger partial charge in [0.05, 0.1) is 5.60 Å². The normalized spacial score (nSPS) is 33.7. The first-order valence-corrected chi connectivity index (χ1v) is 5.92. The van der Waals surface area contributed by atoms with Crippen LogP contribution in [0.4, 0.5) is 17.6 Å². The molecule has 98 valence electrons. The summed E-state index contributed by atoms with van der Waals surface area (Å²) in [6.07, 6.45) is 1.29. The molecule has 3 atom stereocenters. The van der Waals surface area contributed by atoms with Crippen LogP contribution in [0.3, 0.4) is 0 Å². The van der Waals surface area contributed by atoms with Gasteiger partial charge in [-0.3, -0.25) is 0 Å². The zero-order chi connectivity index (χ0) is 13.2. The van der Waals surface area contributed by atoms with Crippen LogP contribution in [0.25, 0.3) is 0 Å². The van der Waals surface area contributed by atoms with E-state index < -0.39 is 40.7 Å². The van der Waals surface area contributed by atoms with Crippen molar-refractivity contribution in [2.75, 3.05) is 0 Å². The van der Waals surface area contributed by atoms with Crippen LogP contribution in [-0.2, 0) is 0 Å². The standard InChI is InChI=1S/C13H12F4O/c1-13(18)4-5-2-3-6(13)8-7(5)9(14)11(16)12(17)10(8)15/h5-6,18H,2-4H2,1H3/t5-,6-,13-/m0/s1. The van der Waals surface area contributed by atoms with Gasteiger partial charge in [0.2, 0.25) is 0 Å². The topological polar surface area (TPSA) is 20.2 Å². The highest BCUT2D eigenvalue weighted by Gasteiger charge is 2.50. The van der Waals surface area contributed by atoms with Crippen LogP contribution >= 0.6 is 0 Å². The van der Waals surface area contributed by atoms with E-state index in [0.29, 0.717) is 12.8 Å². The van der Waals surface area contributed by atoms with Crippen molar-refractivity contribution in [3.8, 4) is 0 Å². The summed E-state index contributed by atoms with van der Waals surface area (Å²) in [6, 6.07) is 0. The van der Waals surface area contributed by atoms with E-state index in [1.807, 2.05) is 0 Å². The van der Waals surface area contributed by atoms with Gasteiger partial charge in [-0.2, -0.15) is 0 Å². The Morgan fingerprint density at radius 3 is 2.06 bits per heavy atom. The lowest BCUT2D eigenvalue weighted by Gasteiger charge is -2.48. The Morgan fingerprint density at radius 2 is 1.50 bits per heavy atom. The fourth-order valence-corrected chi connectivity index (χ4v) is 3.53. The molecule has 1 aromatic rings. The van der Waals surface area contributed by atoms with Gasteiger partial charge in [0.1, 0.15) is 0 Å². The molecule has 1 aromatic carbocycles. The Hall–Kier alpha value is -1.10. The van der Waals surface area contributed by atoms with Crippen molar-refractivity contribution in [3.63, 3.8) is 0 Å². The van der Waals surface area contributed by atoms with E-state index >= 15 is 0 Å². The number of hydrogen-bond donors (Lipinski definition) is 1. The molecule has 0 heterocycles. The molecule has 18 heavy (non-hydrogen) atoms. The lowest BCUT2D eigenvalue weighted by Crippen LogP contribution is -2.44. The predicted octanol–water partition coefficient (Wildman–Crippen LogP) is 3.36. The molecule has 5 heteroatoms. The molecule has 2 bridgehead atoms. The SMILES string of the molecule is C[C@]1(O)C[C@@H]2CC[C@H]1c1c(F)c(F)c(F)c(F)c12. The van der Waals surface area contributed by atoms with Gasteiger partial charge in [-0.1, -0.05) is 0 Å². The summed E-state index contributed by atoms with van der Waals surface area (Å²) in [7, 11) is 0. The van der Waals surface area contributed by atoms with Gasteiger partial charge in [0, 0.05) is 17.0 Å². The van der Waals surface area contributed by atoms with Gasteiger partial charge in [0.25, 0.3) is 0 Å². The van der Waals surface area contributed by atoms with E-state index in [-0.39, 0.29) is 17.5 Å². The van der Waals surface area contributed by atoms with Crippen molar-refractivity contribution in [1.82, 2.24) is 0 Å². The highest BCUT2D eigenvalue weighted by atomic mass is 19.2. The van der Waals surface area contributed by atoms with E-state index in [0.717, 1.165) is 0 Å². The fraction of sp³-hybridized carbons (Fsp3) is 0.538. The summed E-state index contributed by atoms with van der Waals surface area (Å²) in [5.74, 6) is -7.28. The van der Waals surface area contributed by atoms with Gasteiger partial charge in [0.15, 0.2) is 23.3 Å². The average Bonchev–Trinajstić information content (AvgIpc) is 2.32. The van der Waals surface area contributed by atoms with Crippen LogP contribution in [0, 0.1) is 23.3 Å². The molecule has 0 aromatic heterocycles. The lowest BCUT2D eigenvalue weighted by molar-refractivity contribution is -0.0198. The molecule has 0 unspecified atom stereocenters. The first-order chi connectivity index (χ1) is 8.34. The third-order valence-electron chi connectivity index (χ3n) is 4.31. The molecule has 3 aliphatic carbocycles. The molecule has 0 saturated heterocycles. The summed E-state index contributed by atoms with van der Waals surface area (Å²) in [5.41, 5.74) is -1.43. The van der Waals surface area contributed by atoms with Crippen molar-refractivity contribution in [3.05, 3.63) is 34.4 Å². The molecule has 1 saturated carbocycles.